The Morgan fingerprint density at radius 3 is 2.33 bits per heavy atom. The zero-order valence-electron chi connectivity index (χ0n) is 12.1. The van der Waals surface area contributed by atoms with Gasteiger partial charge in [0.2, 0.25) is 5.91 Å². The predicted molar refractivity (Wildman–Crippen MR) is 88.2 cm³/mol. The zero-order valence-corrected chi connectivity index (χ0v) is 12.9. The molecule has 0 spiro atoms. The molecule has 0 saturated carbocycles. The standard InChI is InChI=1S/C18H18ClNO/c1-13-3-8-16(9-4-13)14(2)20-18(21)12-7-15-5-10-17(19)11-6-15/h3-12,14H,1-2H3,(H,20,21)/b12-7+/t14-/m1/s1. The minimum Gasteiger partial charge on any atom is -0.346 e. The average Bonchev–Trinajstić information content (AvgIpc) is 2.47. The Hall–Kier alpha value is -2.06. The number of rotatable bonds is 4. The van der Waals surface area contributed by atoms with Crippen molar-refractivity contribution in [1.29, 1.82) is 0 Å². The first-order valence-corrected chi connectivity index (χ1v) is 7.23. The first-order chi connectivity index (χ1) is 10.0. The van der Waals surface area contributed by atoms with Crippen LogP contribution in [0.25, 0.3) is 6.08 Å². The largest absolute Gasteiger partial charge is 0.346 e. The van der Waals surface area contributed by atoms with Crippen LogP contribution in [0.1, 0.15) is 29.7 Å². The van der Waals surface area contributed by atoms with E-state index in [-0.39, 0.29) is 11.9 Å². The Morgan fingerprint density at radius 1 is 1.10 bits per heavy atom. The molecule has 2 nitrogen and oxygen atoms in total. The normalized spacial score (nSPS) is 12.3. The number of benzene rings is 2. The summed E-state index contributed by atoms with van der Waals surface area (Å²) < 4.78 is 0. The summed E-state index contributed by atoms with van der Waals surface area (Å²) in [6.45, 7) is 4.01. The average molecular weight is 300 g/mol. The molecule has 0 aromatic heterocycles. The lowest BCUT2D eigenvalue weighted by Crippen LogP contribution is -2.24. The van der Waals surface area contributed by atoms with Crippen molar-refractivity contribution in [3.63, 3.8) is 0 Å². The number of hydrogen-bond donors (Lipinski definition) is 1. The molecule has 0 saturated heterocycles. The molecule has 3 heteroatoms. The van der Waals surface area contributed by atoms with E-state index < -0.39 is 0 Å². The van der Waals surface area contributed by atoms with Gasteiger partial charge >= 0.3 is 0 Å². The second-order valence-electron chi connectivity index (χ2n) is 5.03. The zero-order chi connectivity index (χ0) is 15.2. The third-order valence-electron chi connectivity index (χ3n) is 3.23. The number of carbonyl (C=O) groups excluding carboxylic acids is 1. The van der Waals surface area contributed by atoms with E-state index in [1.54, 1.807) is 18.2 Å². The van der Waals surface area contributed by atoms with Crippen LogP contribution in [0.15, 0.2) is 54.6 Å². The Bertz CT molecular complexity index is 629. The second-order valence-corrected chi connectivity index (χ2v) is 5.46. The van der Waals surface area contributed by atoms with E-state index in [9.17, 15) is 4.79 Å². The van der Waals surface area contributed by atoms with Crippen LogP contribution in [0, 0.1) is 6.92 Å². The first-order valence-electron chi connectivity index (χ1n) is 6.85. The van der Waals surface area contributed by atoms with Crippen molar-refractivity contribution in [2.45, 2.75) is 19.9 Å². The van der Waals surface area contributed by atoms with Crippen molar-refractivity contribution < 1.29 is 4.79 Å². The van der Waals surface area contributed by atoms with Crippen molar-refractivity contribution in [3.8, 4) is 0 Å². The summed E-state index contributed by atoms with van der Waals surface area (Å²) in [5.74, 6) is -0.113. The highest BCUT2D eigenvalue weighted by Gasteiger charge is 2.06. The van der Waals surface area contributed by atoms with E-state index in [0.29, 0.717) is 5.02 Å². The smallest absolute Gasteiger partial charge is 0.244 e. The minimum absolute atomic E-state index is 0.0204. The first kappa shape index (κ1) is 15.3. The SMILES string of the molecule is Cc1ccc([C@@H](C)NC(=O)/C=C/c2ccc(Cl)cc2)cc1. The van der Waals surface area contributed by atoms with Crippen LogP contribution in [-0.4, -0.2) is 5.91 Å². The molecular weight excluding hydrogens is 282 g/mol. The summed E-state index contributed by atoms with van der Waals surface area (Å²) in [6, 6.07) is 15.5. The van der Waals surface area contributed by atoms with Crippen LogP contribution in [0.5, 0.6) is 0 Å². The van der Waals surface area contributed by atoms with Crippen LogP contribution in [0.2, 0.25) is 5.02 Å². The summed E-state index contributed by atoms with van der Waals surface area (Å²) in [5, 5.41) is 3.63. The van der Waals surface area contributed by atoms with Crippen LogP contribution in [-0.2, 0) is 4.79 Å². The third-order valence-corrected chi connectivity index (χ3v) is 3.49. The molecular formula is C18H18ClNO. The van der Waals surface area contributed by atoms with Gasteiger partial charge < -0.3 is 5.32 Å². The van der Waals surface area contributed by atoms with Crippen molar-refractivity contribution in [2.24, 2.45) is 0 Å². The molecule has 0 aliphatic carbocycles. The van der Waals surface area contributed by atoms with E-state index >= 15 is 0 Å². The van der Waals surface area contributed by atoms with Crippen LogP contribution in [0.3, 0.4) is 0 Å². The number of amides is 1. The lowest BCUT2D eigenvalue weighted by molar-refractivity contribution is -0.117. The van der Waals surface area contributed by atoms with Crippen LogP contribution in [0.4, 0.5) is 0 Å². The molecule has 0 heterocycles. The van der Waals surface area contributed by atoms with Crippen LogP contribution < -0.4 is 5.32 Å². The summed E-state index contributed by atoms with van der Waals surface area (Å²) in [7, 11) is 0. The molecule has 0 bridgehead atoms. The fourth-order valence-electron chi connectivity index (χ4n) is 1.95. The molecule has 0 aliphatic heterocycles. The number of carbonyl (C=O) groups is 1. The summed E-state index contributed by atoms with van der Waals surface area (Å²) >= 11 is 5.82. The monoisotopic (exact) mass is 299 g/mol. The highest BCUT2D eigenvalue weighted by Crippen LogP contribution is 2.13. The summed E-state index contributed by atoms with van der Waals surface area (Å²) in [4.78, 5) is 11.9. The van der Waals surface area contributed by atoms with Gasteiger partial charge in [0.15, 0.2) is 0 Å². The maximum absolute atomic E-state index is 11.9. The molecule has 0 radical (unpaired) electrons. The van der Waals surface area contributed by atoms with Crippen molar-refractivity contribution in [1.82, 2.24) is 5.32 Å². The highest BCUT2D eigenvalue weighted by atomic mass is 35.5. The fraction of sp³-hybridized carbons (Fsp3) is 0.167. The van der Waals surface area contributed by atoms with E-state index in [4.69, 9.17) is 11.6 Å². The van der Waals surface area contributed by atoms with Gasteiger partial charge in [-0.2, -0.15) is 0 Å². The number of nitrogens with one attached hydrogen (secondary N) is 1. The van der Waals surface area contributed by atoms with Gasteiger partial charge in [-0.05, 0) is 43.2 Å². The predicted octanol–water partition coefficient (Wildman–Crippen LogP) is 4.54. The van der Waals surface area contributed by atoms with Gasteiger partial charge in [-0.3, -0.25) is 4.79 Å². The highest BCUT2D eigenvalue weighted by molar-refractivity contribution is 6.30. The maximum Gasteiger partial charge on any atom is 0.244 e. The van der Waals surface area contributed by atoms with E-state index in [0.717, 1.165) is 11.1 Å². The molecule has 2 aromatic rings. The van der Waals surface area contributed by atoms with Gasteiger partial charge in [0.25, 0.3) is 0 Å². The third kappa shape index (κ3) is 4.76. The molecule has 108 valence electrons. The summed E-state index contributed by atoms with van der Waals surface area (Å²) in [5.41, 5.74) is 3.24. The minimum atomic E-state index is -0.113. The molecule has 0 unspecified atom stereocenters. The van der Waals surface area contributed by atoms with Gasteiger partial charge in [-0.25, -0.2) is 0 Å². The molecule has 2 rings (SSSR count). The Balaban J connectivity index is 1.94. The van der Waals surface area contributed by atoms with Gasteiger partial charge in [0, 0.05) is 11.1 Å². The topological polar surface area (TPSA) is 29.1 Å². The quantitative estimate of drug-likeness (QED) is 0.825. The summed E-state index contributed by atoms with van der Waals surface area (Å²) in [6.07, 6.45) is 3.31. The molecule has 1 amide bonds. The van der Waals surface area contributed by atoms with Crippen molar-refractivity contribution >= 4 is 23.6 Å². The van der Waals surface area contributed by atoms with E-state index in [2.05, 4.69) is 5.32 Å². The van der Waals surface area contributed by atoms with Gasteiger partial charge in [-0.1, -0.05) is 53.6 Å². The Kier molecular flexibility index (Phi) is 5.18. The van der Waals surface area contributed by atoms with Crippen LogP contribution >= 0.6 is 11.6 Å². The van der Waals surface area contributed by atoms with Gasteiger partial charge in [0.1, 0.15) is 0 Å². The van der Waals surface area contributed by atoms with E-state index in [1.807, 2.05) is 50.2 Å². The van der Waals surface area contributed by atoms with E-state index in [1.165, 1.54) is 11.6 Å². The van der Waals surface area contributed by atoms with Crippen molar-refractivity contribution in [3.05, 3.63) is 76.3 Å². The van der Waals surface area contributed by atoms with Gasteiger partial charge in [-0.15, -0.1) is 0 Å². The number of aryl methyl sites for hydroxylation is 1. The maximum atomic E-state index is 11.9. The van der Waals surface area contributed by atoms with Crippen molar-refractivity contribution in [2.75, 3.05) is 0 Å². The van der Waals surface area contributed by atoms with Gasteiger partial charge in [0.05, 0.1) is 6.04 Å². The molecule has 0 fully saturated rings. The molecule has 2 aromatic carbocycles. The molecule has 0 aliphatic rings. The Morgan fingerprint density at radius 2 is 1.71 bits per heavy atom. The number of halogens is 1. The molecule has 1 atom stereocenters. The molecule has 21 heavy (non-hydrogen) atoms. The molecule has 1 N–H and O–H groups in total. The Labute approximate surface area is 130 Å². The second kappa shape index (κ2) is 7.09. The lowest BCUT2D eigenvalue weighted by atomic mass is 10.1. The number of hydrogen-bond acceptors (Lipinski definition) is 1. The fourth-order valence-corrected chi connectivity index (χ4v) is 2.07. The lowest BCUT2D eigenvalue weighted by Gasteiger charge is -2.13.